The third kappa shape index (κ3) is 3.74. The lowest BCUT2D eigenvalue weighted by Gasteiger charge is -2.27. The van der Waals surface area contributed by atoms with Gasteiger partial charge in [-0.1, -0.05) is 30.3 Å². The fourth-order valence-corrected chi connectivity index (χ4v) is 2.02. The summed E-state index contributed by atoms with van der Waals surface area (Å²) in [7, 11) is 0. The van der Waals surface area contributed by atoms with E-state index < -0.39 is 0 Å². The summed E-state index contributed by atoms with van der Waals surface area (Å²) < 4.78 is 0. The molecule has 1 aliphatic carbocycles. The van der Waals surface area contributed by atoms with Crippen molar-refractivity contribution in [3.63, 3.8) is 0 Å². The molecule has 1 aromatic rings. The van der Waals surface area contributed by atoms with Crippen LogP contribution in [-0.4, -0.2) is 29.8 Å². The zero-order chi connectivity index (χ0) is 12.8. The second kappa shape index (κ2) is 6.40. The fraction of sp³-hybridized carbons (Fsp3) is 0.500. The van der Waals surface area contributed by atoms with Gasteiger partial charge in [0.2, 0.25) is 0 Å². The van der Waals surface area contributed by atoms with E-state index in [1.54, 1.807) is 0 Å². The lowest BCUT2D eigenvalue weighted by Crippen LogP contribution is -2.49. The summed E-state index contributed by atoms with van der Waals surface area (Å²) in [4.78, 5) is 11.7. The van der Waals surface area contributed by atoms with Crippen LogP contribution in [0.25, 0.3) is 0 Å². The maximum absolute atomic E-state index is 11.7. The van der Waals surface area contributed by atoms with E-state index in [2.05, 4.69) is 10.6 Å². The largest absolute Gasteiger partial charge is 0.394 e. The smallest absolute Gasteiger partial charge is 0.315 e. The molecule has 1 saturated carbocycles. The van der Waals surface area contributed by atoms with Gasteiger partial charge in [-0.05, 0) is 31.2 Å². The number of rotatable bonds is 5. The van der Waals surface area contributed by atoms with Crippen molar-refractivity contribution in [2.45, 2.75) is 37.8 Å². The van der Waals surface area contributed by atoms with Crippen LogP contribution in [-0.2, 0) is 6.42 Å². The van der Waals surface area contributed by atoms with Gasteiger partial charge in [0, 0.05) is 6.04 Å². The molecule has 1 fully saturated rings. The molecule has 0 aromatic heterocycles. The molecule has 98 valence electrons. The topological polar surface area (TPSA) is 61.4 Å². The van der Waals surface area contributed by atoms with E-state index in [1.807, 2.05) is 30.3 Å². The molecule has 3 N–H and O–H groups in total. The summed E-state index contributed by atoms with van der Waals surface area (Å²) in [6.45, 7) is -0.0486. The summed E-state index contributed by atoms with van der Waals surface area (Å²) in [6.07, 6.45) is 3.97. The predicted molar refractivity (Wildman–Crippen MR) is 70.3 cm³/mol. The second-order valence-corrected chi connectivity index (χ2v) is 4.81. The molecule has 1 atom stereocenters. The number of aliphatic hydroxyl groups is 1. The molecule has 1 aromatic carbocycles. The van der Waals surface area contributed by atoms with Gasteiger partial charge in [0.05, 0.1) is 12.6 Å². The van der Waals surface area contributed by atoms with Gasteiger partial charge in [-0.25, -0.2) is 4.79 Å². The Morgan fingerprint density at radius 2 is 2.06 bits per heavy atom. The van der Waals surface area contributed by atoms with E-state index in [-0.39, 0.29) is 18.7 Å². The number of carbonyl (C=O) groups excluding carboxylic acids is 1. The molecule has 0 heterocycles. The van der Waals surface area contributed by atoms with E-state index >= 15 is 0 Å². The van der Waals surface area contributed by atoms with Crippen LogP contribution in [0.5, 0.6) is 0 Å². The van der Waals surface area contributed by atoms with Crippen molar-refractivity contribution in [3.8, 4) is 0 Å². The highest BCUT2D eigenvalue weighted by atomic mass is 16.3. The normalized spacial score (nSPS) is 16.7. The minimum absolute atomic E-state index is 0.0486. The highest BCUT2D eigenvalue weighted by molar-refractivity contribution is 5.74. The molecule has 0 spiro atoms. The number of amides is 2. The Labute approximate surface area is 107 Å². The molecule has 4 nitrogen and oxygen atoms in total. The summed E-state index contributed by atoms with van der Waals surface area (Å²) in [6, 6.07) is 9.77. The van der Waals surface area contributed by atoms with Crippen molar-refractivity contribution in [1.82, 2.24) is 10.6 Å². The number of urea groups is 1. The molecular weight excluding hydrogens is 228 g/mol. The Morgan fingerprint density at radius 1 is 1.33 bits per heavy atom. The zero-order valence-corrected chi connectivity index (χ0v) is 10.4. The first kappa shape index (κ1) is 12.9. The molecule has 0 aliphatic heterocycles. The summed E-state index contributed by atoms with van der Waals surface area (Å²) in [5, 5.41) is 15.0. The Bertz CT molecular complexity index is 377. The van der Waals surface area contributed by atoms with Crippen LogP contribution in [0.15, 0.2) is 30.3 Å². The molecule has 2 amide bonds. The number of hydrogen-bond acceptors (Lipinski definition) is 2. The third-order valence-electron chi connectivity index (χ3n) is 3.32. The van der Waals surface area contributed by atoms with Gasteiger partial charge in [0.15, 0.2) is 0 Å². The van der Waals surface area contributed by atoms with Crippen molar-refractivity contribution in [1.29, 1.82) is 0 Å². The van der Waals surface area contributed by atoms with Crippen molar-refractivity contribution in [2.24, 2.45) is 0 Å². The van der Waals surface area contributed by atoms with Crippen molar-refractivity contribution in [3.05, 3.63) is 35.9 Å². The molecule has 0 bridgehead atoms. The van der Waals surface area contributed by atoms with Crippen LogP contribution in [0.2, 0.25) is 0 Å². The van der Waals surface area contributed by atoms with Crippen LogP contribution in [0.1, 0.15) is 24.8 Å². The lowest BCUT2D eigenvalue weighted by molar-refractivity contribution is 0.207. The number of nitrogens with one attached hydrogen (secondary N) is 2. The highest BCUT2D eigenvalue weighted by Crippen LogP contribution is 2.17. The summed E-state index contributed by atoms with van der Waals surface area (Å²) in [5.41, 5.74) is 1.11. The first-order valence-corrected chi connectivity index (χ1v) is 6.49. The van der Waals surface area contributed by atoms with E-state index in [1.165, 1.54) is 6.42 Å². The highest BCUT2D eigenvalue weighted by Gasteiger charge is 2.20. The van der Waals surface area contributed by atoms with Crippen LogP contribution in [0, 0.1) is 0 Å². The molecule has 2 rings (SSSR count). The molecular formula is C14H20N2O2. The zero-order valence-electron chi connectivity index (χ0n) is 10.4. The van der Waals surface area contributed by atoms with Crippen LogP contribution in [0.4, 0.5) is 4.79 Å². The van der Waals surface area contributed by atoms with Gasteiger partial charge >= 0.3 is 6.03 Å². The minimum atomic E-state index is -0.229. The molecule has 1 aliphatic rings. The molecule has 0 radical (unpaired) electrons. The van der Waals surface area contributed by atoms with Gasteiger partial charge in [-0.2, -0.15) is 0 Å². The van der Waals surface area contributed by atoms with Crippen LogP contribution in [0.3, 0.4) is 0 Å². The second-order valence-electron chi connectivity index (χ2n) is 4.81. The molecule has 0 saturated heterocycles. The van der Waals surface area contributed by atoms with Crippen LogP contribution >= 0.6 is 0 Å². The number of benzene rings is 1. The van der Waals surface area contributed by atoms with Gasteiger partial charge in [0.25, 0.3) is 0 Å². The monoisotopic (exact) mass is 248 g/mol. The van der Waals surface area contributed by atoms with E-state index in [0.29, 0.717) is 12.5 Å². The van der Waals surface area contributed by atoms with Crippen molar-refractivity contribution >= 4 is 6.03 Å². The molecule has 0 unspecified atom stereocenters. The van der Waals surface area contributed by atoms with E-state index in [4.69, 9.17) is 0 Å². The standard InChI is InChI=1S/C14H20N2O2/c17-10-13(9-11-5-2-1-3-6-11)16-14(18)15-12-7-4-8-12/h1-3,5-6,12-13,17H,4,7-10H2,(H2,15,16,18)/t13-/m1/s1. The Hall–Kier alpha value is -1.55. The Balaban J connectivity index is 1.79. The first-order valence-electron chi connectivity index (χ1n) is 6.49. The maximum atomic E-state index is 11.7. The first-order chi connectivity index (χ1) is 8.78. The van der Waals surface area contributed by atoms with Gasteiger partial charge < -0.3 is 15.7 Å². The SMILES string of the molecule is O=C(NC1CCC1)N[C@@H](CO)Cc1ccccc1. The van der Waals surface area contributed by atoms with Gasteiger partial charge in [-0.15, -0.1) is 0 Å². The lowest BCUT2D eigenvalue weighted by atomic mass is 9.93. The Kier molecular flexibility index (Phi) is 4.59. The molecule has 4 heteroatoms. The summed E-state index contributed by atoms with van der Waals surface area (Å²) in [5.74, 6) is 0. The van der Waals surface area contributed by atoms with Crippen LogP contribution < -0.4 is 10.6 Å². The van der Waals surface area contributed by atoms with Gasteiger partial charge in [-0.3, -0.25) is 0 Å². The number of carbonyl (C=O) groups is 1. The quantitative estimate of drug-likeness (QED) is 0.738. The van der Waals surface area contributed by atoms with Crippen molar-refractivity contribution in [2.75, 3.05) is 6.61 Å². The van der Waals surface area contributed by atoms with Crippen molar-refractivity contribution < 1.29 is 9.90 Å². The van der Waals surface area contributed by atoms with E-state index in [0.717, 1.165) is 18.4 Å². The maximum Gasteiger partial charge on any atom is 0.315 e. The molecule has 18 heavy (non-hydrogen) atoms. The average Bonchev–Trinajstić information content (AvgIpc) is 2.34. The fourth-order valence-electron chi connectivity index (χ4n) is 2.02. The van der Waals surface area contributed by atoms with Gasteiger partial charge in [0.1, 0.15) is 0 Å². The Morgan fingerprint density at radius 3 is 2.61 bits per heavy atom. The average molecular weight is 248 g/mol. The minimum Gasteiger partial charge on any atom is -0.394 e. The summed E-state index contributed by atoms with van der Waals surface area (Å²) >= 11 is 0. The number of aliphatic hydroxyl groups excluding tert-OH is 1. The predicted octanol–water partition coefficient (Wildman–Crippen LogP) is 1.44. The van der Waals surface area contributed by atoms with E-state index in [9.17, 15) is 9.90 Å². The third-order valence-corrected chi connectivity index (χ3v) is 3.32. The number of hydrogen-bond donors (Lipinski definition) is 3.